The summed E-state index contributed by atoms with van der Waals surface area (Å²) >= 11 is 0. The molecule has 0 amide bonds. The first kappa shape index (κ1) is 15.8. The molecule has 108 valence electrons. The van der Waals surface area contributed by atoms with Gasteiger partial charge in [0.25, 0.3) is 10.2 Å². The molecule has 0 aromatic heterocycles. The minimum Gasteiger partial charge on any atom is -0.396 e. The predicted molar refractivity (Wildman–Crippen MR) is 69.4 cm³/mol. The van der Waals surface area contributed by atoms with E-state index in [0.29, 0.717) is 13.2 Å². The highest BCUT2D eigenvalue weighted by Gasteiger charge is 2.32. The van der Waals surface area contributed by atoms with Crippen LogP contribution in [-0.2, 0) is 14.9 Å². The second-order valence-corrected chi connectivity index (χ2v) is 6.51. The van der Waals surface area contributed by atoms with E-state index in [1.165, 1.54) is 13.5 Å². The van der Waals surface area contributed by atoms with Gasteiger partial charge in [0.1, 0.15) is 0 Å². The maximum absolute atomic E-state index is 11.6. The second kappa shape index (κ2) is 7.40. The molecular formula is C11H24N2O4S. The summed E-state index contributed by atoms with van der Waals surface area (Å²) < 4.78 is 33.0. The van der Waals surface area contributed by atoms with Gasteiger partial charge in [-0.3, -0.25) is 0 Å². The SMILES string of the molecule is COCCNS(=O)(=O)NCC1(CO)CCCCC1. The van der Waals surface area contributed by atoms with Gasteiger partial charge in [0, 0.05) is 32.2 Å². The van der Waals surface area contributed by atoms with Crippen molar-refractivity contribution in [2.75, 3.05) is 33.4 Å². The Morgan fingerprint density at radius 3 is 2.44 bits per heavy atom. The number of aliphatic hydroxyl groups is 1. The fourth-order valence-electron chi connectivity index (χ4n) is 2.27. The Morgan fingerprint density at radius 2 is 1.89 bits per heavy atom. The molecule has 18 heavy (non-hydrogen) atoms. The topological polar surface area (TPSA) is 87.7 Å². The van der Waals surface area contributed by atoms with Gasteiger partial charge in [-0.15, -0.1) is 0 Å². The normalized spacial score (nSPS) is 19.9. The van der Waals surface area contributed by atoms with Crippen molar-refractivity contribution in [3.8, 4) is 0 Å². The molecule has 1 aliphatic rings. The lowest BCUT2D eigenvalue weighted by molar-refractivity contribution is 0.0866. The van der Waals surface area contributed by atoms with Crippen LogP contribution in [0, 0.1) is 5.41 Å². The van der Waals surface area contributed by atoms with Crippen molar-refractivity contribution in [2.45, 2.75) is 32.1 Å². The molecule has 7 heteroatoms. The molecule has 1 rings (SSSR count). The van der Waals surface area contributed by atoms with E-state index in [2.05, 4.69) is 9.44 Å². The van der Waals surface area contributed by atoms with E-state index in [9.17, 15) is 13.5 Å². The van der Waals surface area contributed by atoms with Crippen molar-refractivity contribution in [1.29, 1.82) is 0 Å². The Hall–Kier alpha value is -0.210. The van der Waals surface area contributed by atoms with Gasteiger partial charge >= 0.3 is 0 Å². The summed E-state index contributed by atoms with van der Waals surface area (Å²) in [6.45, 7) is 0.920. The van der Waals surface area contributed by atoms with Crippen LogP contribution in [0.5, 0.6) is 0 Å². The molecule has 1 aliphatic carbocycles. The summed E-state index contributed by atoms with van der Waals surface area (Å²) in [4.78, 5) is 0. The average Bonchev–Trinajstić information content (AvgIpc) is 2.38. The Balaban J connectivity index is 2.41. The van der Waals surface area contributed by atoms with Crippen LogP contribution in [0.3, 0.4) is 0 Å². The molecule has 1 fully saturated rings. The van der Waals surface area contributed by atoms with E-state index >= 15 is 0 Å². The van der Waals surface area contributed by atoms with Gasteiger partial charge in [0.05, 0.1) is 6.61 Å². The second-order valence-electron chi connectivity index (χ2n) is 4.93. The summed E-state index contributed by atoms with van der Waals surface area (Å²) in [5.74, 6) is 0. The summed E-state index contributed by atoms with van der Waals surface area (Å²) in [5.41, 5.74) is -0.283. The van der Waals surface area contributed by atoms with Crippen LogP contribution in [0.4, 0.5) is 0 Å². The molecule has 6 nitrogen and oxygen atoms in total. The van der Waals surface area contributed by atoms with Gasteiger partial charge in [0.15, 0.2) is 0 Å². The molecule has 0 saturated heterocycles. The van der Waals surface area contributed by atoms with Gasteiger partial charge in [-0.05, 0) is 12.8 Å². The van der Waals surface area contributed by atoms with Gasteiger partial charge in [0.2, 0.25) is 0 Å². The summed E-state index contributed by atoms with van der Waals surface area (Å²) in [6.07, 6.45) is 5.04. The smallest absolute Gasteiger partial charge is 0.277 e. The first-order chi connectivity index (χ1) is 8.54. The first-order valence-corrected chi connectivity index (χ1v) is 7.86. The zero-order valence-corrected chi connectivity index (χ0v) is 11.8. The lowest BCUT2D eigenvalue weighted by Gasteiger charge is -2.35. The standard InChI is InChI=1S/C11H24N2O4S/c1-17-8-7-12-18(15,16)13-9-11(10-14)5-3-2-4-6-11/h12-14H,2-10H2,1H3. The molecule has 0 atom stereocenters. The van der Waals surface area contributed by atoms with Crippen molar-refractivity contribution in [3.63, 3.8) is 0 Å². The van der Waals surface area contributed by atoms with Crippen LogP contribution in [0.1, 0.15) is 32.1 Å². The number of methoxy groups -OCH3 is 1. The predicted octanol–water partition coefficient (Wildman–Crippen LogP) is -0.000400. The largest absolute Gasteiger partial charge is 0.396 e. The van der Waals surface area contributed by atoms with Crippen LogP contribution in [0.25, 0.3) is 0 Å². The Morgan fingerprint density at radius 1 is 1.22 bits per heavy atom. The molecule has 1 saturated carbocycles. The number of aliphatic hydroxyl groups excluding tert-OH is 1. The maximum Gasteiger partial charge on any atom is 0.277 e. The highest BCUT2D eigenvalue weighted by Crippen LogP contribution is 2.35. The van der Waals surface area contributed by atoms with E-state index in [1.807, 2.05) is 0 Å². The monoisotopic (exact) mass is 280 g/mol. The van der Waals surface area contributed by atoms with Gasteiger partial charge in [-0.25, -0.2) is 4.72 Å². The summed E-state index contributed by atoms with van der Waals surface area (Å²) in [7, 11) is -1.97. The summed E-state index contributed by atoms with van der Waals surface area (Å²) in [6, 6.07) is 0. The number of rotatable bonds is 8. The van der Waals surface area contributed by atoms with Gasteiger partial charge in [-0.1, -0.05) is 19.3 Å². The third-order valence-corrected chi connectivity index (χ3v) is 4.59. The molecule has 0 spiro atoms. The molecule has 0 radical (unpaired) electrons. The van der Waals surface area contributed by atoms with E-state index in [1.54, 1.807) is 0 Å². The first-order valence-electron chi connectivity index (χ1n) is 6.38. The highest BCUT2D eigenvalue weighted by atomic mass is 32.2. The van der Waals surface area contributed by atoms with Crippen LogP contribution in [0.2, 0.25) is 0 Å². The minimum absolute atomic E-state index is 0.0353. The molecular weight excluding hydrogens is 256 g/mol. The molecule has 3 N–H and O–H groups in total. The van der Waals surface area contributed by atoms with E-state index in [-0.39, 0.29) is 18.6 Å². The molecule has 0 aromatic carbocycles. The lowest BCUT2D eigenvalue weighted by Crippen LogP contribution is -2.46. The van der Waals surface area contributed by atoms with Crippen molar-refractivity contribution < 1.29 is 18.3 Å². The zero-order chi connectivity index (χ0) is 13.5. The fourth-order valence-corrected chi connectivity index (χ4v) is 3.22. The van der Waals surface area contributed by atoms with Crippen molar-refractivity contribution in [3.05, 3.63) is 0 Å². The van der Waals surface area contributed by atoms with Crippen LogP contribution in [0.15, 0.2) is 0 Å². The van der Waals surface area contributed by atoms with Gasteiger partial charge < -0.3 is 9.84 Å². The maximum atomic E-state index is 11.6. The zero-order valence-electron chi connectivity index (χ0n) is 10.9. The fraction of sp³-hybridized carbons (Fsp3) is 1.00. The van der Waals surface area contributed by atoms with E-state index in [4.69, 9.17) is 4.74 Å². The molecule has 0 aliphatic heterocycles. The lowest BCUT2D eigenvalue weighted by atomic mass is 9.75. The minimum atomic E-state index is -3.49. The van der Waals surface area contributed by atoms with Gasteiger partial charge in [-0.2, -0.15) is 13.1 Å². The van der Waals surface area contributed by atoms with E-state index in [0.717, 1.165) is 25.7 Å². The van der Waals surface area contributed by atoms with Crippen molar-refractivity contribution >= 4 is 10.2 Å². The number of hydrogen-bond donors (Lipinski definition) is 3. The summed E-state index contributed by atoms with van der Waals surface area (Å²) in [5, 5.41) is 9.48. The Labute approximate surface area is 109 Å². The van der Waals surface area contributed by atoms with Crippen LogP contribution in [-0.4, -0.2) is 46.9 Å². The third kappa shape index (κ3) is 5.19. The van der Waals surface area contributed by atoms with Crippen molar-refractivity contribution in [2.24, 2.45) is 5.41 Å². The highest BCUT2D eigenvalue weighted by molar-refractivity contribution is 7.87. The number of hydrogen-bond acceptors (Lipinski definition) is 4. The Kier molecular flexibility index (Phi) is 6.51. The average molecular weight is 280 g/mol. The molecule has 0 aromatic rings. The molecule has 0 bridgehead atoms. The molecule has 0 heterocycles. The quantitative estimate of drug-likeness (QED) is 0.546. The van der Waals surface area contributed by atoms with Crippen LogP contribution < -0.4 is 9.44 Å². The van der Waals surface area contributed by atoms with Crippen molar-refractivity contribution in [1.82, 2.24) is 9.44 Å². The molecule has 0 unspecified atom stereocenters. The third-order valence-electron chi connectivity index (χ3n) is 3.49. The van der Waals surface area contributed by atoms with Crippen LogP contribution >= 0.6 is 0 Å². The number of nitrogens with one attached hydrogen (secondary N) is 2. The number of ether oxygens (including phenoxy) is 1. The Bertz CT molecular complexity index is 326. The van der Waals surface area contributed by atoms with E-state index < -0.39 is 10.2 Å².